The van der Waals surface area contributed by atoms with E-state index in [1.807, 2.05) is 59.3 Å². The van der Waals surface area contributed by atoms with Crippen molar-refractivity contribution in [2.75, 3.05) is 5.32 Å². The molecule has 158 valence electrons. The zero-order valence-electron chi connectivity index (χ0n) is 17.6. The number of carbonyl (C=O) groups excluding carboxylic acids is 1. The highest BCUT2D eigenvalue weighted by atomic mass is 32.2. The van der Waals surface area contributed by atoms with Gasteiger partial charge in [-0.05, 0) is 26.8 Å². The summed E-state index contributed by atoms with van der Waals surface area (Å²) < 4.78 is 2.04. The fourth-order valence-corrected chi connectivity index (χ4v) is 4.79. The van der Waals surface area contributed by atoms with E-state index in [2.05, 4.69) is 46.5 Å². The Morgan fingerprint density at radius 2 is 1.90 bits per heavy atom. The maximum absolute atomic E-state index is 12.8. The predicted molar refractivity (Wildman–Crippen MR) is 127 cm³/mol. The van der Waals surface area contributed by atoms with E-state index in [0.29, 0.717) is 5.13 Å². The van der Waals surface area contributed by atoms with E-state index in [4.69, 9.17) is 0 Å². The molecule has 0 bridgehead atoms. The highest BCUT2D eigenvalue weighted by Gasteiger charge is 2.21. The van der Waals surface area contributed by atoms with Crippen LogP contribution in [-0.4, -0.2) is 30.9 Å². The van der Waals surface area contributed by atoms with Crippen LogP contribution in [0, 0.1) is 6.92 Å². The Morgan fingerprint density at radius 3 is 2.65 bits per heavy atom. The number of aryl methyl sites for hydroxylation is 1. The lowest BCUT2D eigenvalue weighted by atomic mass is 10.1. The Labute approximate surface area is 189 Å². The molecule has 0 saturated heterocycles. The van der Waals surface area contributed by atoms with Gasteiger partial charge in [-0.2, -0.15) is 0 Å². The lowest BCUT2D eigenvalue weighted by Gasteiger charge is -2.12. The van der Waals surface area contributed by atoms with Crippen molar-refractivity contribution in [3.8, 4) is 22.6 Å². The summed E-state index contributed by atoms with van der Waals surface area (Å²) in [5.41, 5.74) is 4.08. The van der Waals surface area contributed by atoms with Gasteiger partial charge in [-0.15, -0.1) is 21.5 Å². The van der Waals surface area contributed by atoms with E-state index in [1.165, 1.54) is 28.7 Å². The SMILES string of the molecule is CCn1c(SC(C)C(=O)Nc2nc(-c3ccccc3)cs2)nnc1-c1cccc(C)c1. The third-order valence-electron chi connectivity index (χ3n) is 4.76. The molecule has 1 N–H and O–H groups in total. The molecule has 2 aromatic carbocycles. The highest BCUT2D eigenvalue weighted by molar-refractivity contribution is 8.00. The summed E-state index contributed by atoms with van der Waals surface area (Å²) in [6, 6.07) is 18.1. The number of nitrogens with zero attached hydrogens (tertiary/aromatic N) is 4. The molecule has 0 fully saturated rings. The van der Waals surface area contributed by atoms with Crippen molar-refractivity contribution in [3.05, 3.63) is 65.5 Å². The monoisotopic (exact) mass is 449 g/mol. The van der Waals surface area contributed by atoms with E-state index < -0.39 is 0 Å². The molecule has 2 heterocycles. The second-order valence-corrected chi connectivity index (χ2v) is 9.24. The molecule has 0 aliphatic carbocycles. The van der Waals surface area contributed by atoms with Gasteiger partial charge in [0.05, 0.1) is 10.9 Å². The van der Waals surface area contributed by atoms with Crippen LogP contribution in [0.25, 0.3) is 22.6 Å². The van der Waals surface area contributed by atoms with Gasteiger partial charge in [-0.3, -0.25) is 4.79 Å². The summed E-state index contributed by atoms with van der Waals surface area (Å²) in [6.07, 6.45) is 0. The van der Waals surface area contributed by atoms with Crippen molar-refractivity contribution in [1.82, 2.24) is 19.7 Å². The first kappa shape index (κ1) is 21.3. The van der Waals surface area contributed by atoms with Crippen LogP contribution >= 0.6 is 23.1 Å². The maximum atomic E-state index is 12.8. The van der Waals surface area contributed by atoms with Crippen LogP contribution < -0.4 is 5.32 Å². The average Bonchev–Trinajstić information content (AvgIpc) is 3.41. The van der Waals surface area contributed by atoms with E-state index >= 15 is 0 Å². The Morgan fingerprint density at radius 1 is 1.13 bits per heavy atom. The molecule has 0 aliphatic heterocycles. The van der Waals surface area contributed by atoms with Crippen LogP contribution in [0.15, 0.2) is 65.1 Å². The van der Waals surface area contributed by atoms with Gasteiger partial charge in [0.1, 0.15) is 0 Å². The van der Waals surface area contributed by atoms with Crippen molar-refractivity contribution >= 4 is 34.1 Å². The van der Waals surface area contributed by atoms with Crippen LogP contribution in [0.1, 0.15) is 19.4 Å². The van der Waals surface area contributed by atoms with E-state index in [1.54, 1.807) is 0 Å². The van der Waals surface area contributed by atoms with Crippen LogP contribution in [0.5, 0.6) is 0 Å². The third-order valence-corrected chi connectivity index (χ3v) is 6.60. The van der Waals surface area contributed by atoms with Crippen molar-refractivity contribution in [3.63, 3.8) is 0 Å². The molecular weight excluding hydrogens is 426 g/mol. The number of anilines is 1. The van der Waals surface area contributed by atoms with Crippen LogP contribution in [0.2, 0.25) is 0 Å². The molecule has 0 radical (unpaired) electrons. The summed E-state index contributed by atoms with van der Waals surface area (Å²) in [6.45, 7) is 6.70. The number of thioether (sulfide) groups is 1. The first-order valence-electron chi connectivity index (χ1n) is 10.0. The molecule has 2 aromatic heterocycles. The number of benzene rings is 2. The number of aromatic nitrogens is 4. The van der Waals surface area contributed by atoms with Gasteiger partial charge < -0.3 is 9.88 Å². The van der Waals surface area contributed by atoms with Crippen molar-refractivity contribution < 1.29 is 4.79 Å². The number of rotatable bonds is 7. The molecule has 1 atom stereocenters. The van der Waals surface area contributed by atoms with Crippen LogP contribution in [-0.2, 0) is 11.3 Å². The lowest BCUT2D eigenvalue weighted by molar-refractivity contribution is -0.115. The Kier molecular flexibility index (Phi) is 6.48. The van der Waals surface area contributed by atoms with Gasteiger partial charge in [0.15, 0.2) is 16.1 Å². The van der Waals surface area contributed by atoms with Crippen molar-refractivity contribution in [1.29, 1.82) is 0 Å². The van der Waals surface area contributed by atoms with Gasteiger partial charge in [-0.1, -0.05) is 65.9 Å². The smallest absolute Gasteiger partial charge is 0.239 e. The Bertz CT molecular complexity index is 1190. The molecule has 4 rings (SSSR count). The minimum atomic E-state index is -0.344. The van der Waals surface area contributed by atoms with Gasteiger partial charge in [-0.25, -0.2) is 4.98 Å². The summed E-state index contributed by atoms with van der Waals surface area (Å²) in [4.78, 5) is 17.3. The third kappa shape index (κ3) is 4.86. The maximum Gasteiger partial charge on any atom is 0.239 e. The molecule has 8 heteroatoms. The summed E-state index contributed by atoms with van der Waals surface area (Å²) in [5.74, 6) is 0.704. The number of hydrogen-bond acceptors (Lipinski definition) is 6. The second-order valence-electron chi connectivity index (χ2n) is 7.07. The lowest BCUT2D eigenvalue weighted by Crippen LogP contribution is -2.22. The molecule has 6 nitrogen and oxygen atoms in total. The highest BCUT2D eigenvalue weighted by Crippen LogP contribution is 2.29. The number of hydrogen-bond donors (Lipinski definition) is 1. The first-order chi connectivity index (χ1) is 15.0. The fraction of sp³-hybridized carbons (Fsp3) is 0.217. The average molecular weight is 450 g/mol. The number of thiazole rings is 1. The molecule has 1 unspecified atom stereocenters. The van der Waals surface area contributed by atoms with Crippen LogP contribution in [0.4, 0.5) is 5.13 Å². The molecule has 1 amide bonds. The largest absolute Gasteiger partial charge is 0.302 e. The predicted octanol–water partition coefficient (Wildman–Crippen LogP) is 5.52. The van der Waals surface area contributed by atoms with Gasteiger partial charge in [0, 0.05) is 23.1 Å². The molecule has 31 heavy (non-hydrogen) atoms. The zero-order valence-corrected chi connectivity index (χ0v) is 19.2. The zero-order chi connectivity index (χ0) is 21.8. The minimum absolute atomic E-state index is 0.110. The Hall–Kier alpha value is -2.97. The Balaban J connectivity index is 1.45. The molecule has 4 aromatic rings. The molecule has 0 aliphatic rings. The molecule has 0 spiro atoms. The number of carbonyl (C=O) groups is 1. The molecule has 0 saturated carbocycles. The fourth-order valence-electron chi connectivity index (χ4n) is 3.15. The standard InChI is InChI=1S/C23H23N5OS2/c1-4-28-20(18-12-8-9-15(2)13-18)26-27-23(28)31-16(3)21(29)25-22-24-19(14-30-22)17-10-6-5-7-11-17/h5-14,16H,4H2,1-3H3,(H,24,25,29). The van der Waals surface area contributed by atoms with Crippen molar-refractivity contribution in [2.45, 2.75) is 37.7 Å². The number of amides is 1. The van der Waals surface area contributed by atoms with Crippen molar-refractivity contribution in [2.24, 2.45) is 0 Å². The second kappa shape index (κ2) is 9.45. The topological polar surface area (TPSA) is 72.7 Å². The first-order valence-corrected chi connectivity index (χ1v) is 11.8. The van der Waals surface area contributed by atoms with E-state index in [9.17, 15) is 4.79 Å². The normalized spacial score (nSPS) is 12.0. The summed E-state index contributed by atoms with van der Waals surface area (Å²) in [5, 5.41) is 14.6. The van der Waals surface area contributed by atoms with Crippen LogP contribution in [0.3, 0.4) is 0 Å². The molecular formula is C23H23N5OS2. The quantitative estimate of drug-likeness (QED) is 0.376. The van der Waals surface area contributed by atoms with Gasteiger partial charge in [0.2, 0.25) is 5.91 Å². The van der Waals surface area contributed by atoms with E-state index in [-0.39, 0.29) is 11.2 Å². The van der Waals surface area contributed by atoms with Gasteiger partial charge in [0.25, 0.3) is 0 Å². The number of nitrogens with one attached hydrogen (secondary N) is 1. The van der Waals surface area contributed by atoms with E-state index in [0.717, 1.165) is 34.3 Å². The minimum Gasteiger partial charge on any atom is -0.302 e. The summed E-state index contributed by atoms with van der Waals surface area (Å²) >= 11 is 2.82. The summed E-state index contributed by atoms with van der Waals surface area (Å²) in [7, 11) is 0. The van der Waals surface area contributed by atoms with Gasteiger partial charge >= 0.3 is 0 Å².